The first-order valence-corrected chi connectivity index (χ1v) is 6.59. The van der Waals surface area contributed by atoms with Crippen molar-refractivity contribution in [3.05, 3.63) is 56.7 Å². The third-order valence-electron chi connectivity index (χ3n) is 2.28. The van der Waals surface area contributed by atoms with Gasteiger partial charge in [-0.2, -0.15) is 5.26 Å². The van der Waals surface area contributed by atoms with E-state index in [1.54, 1.807) is 0 Å². The maximum atomic E-state index is 9.21. The van der Waals surface area contributed by atoms with E-state index < -0.39 is 0 Å². The van der Waals surface area contributed by atoms with E-state index >= 15 is 0 Å². The van der Waals surface area contributed by atoms with Crippen LogP contribution in [-0.4, -0.2) is 0 Å². The molecule has 0 spiro atoms. The van der Waals surface area contributed by atoms with Crippen molar-refractivity contribution in [2.75, 3.05) is 0 Å². The fourth-order valence-electron chi connectivity index (χ4n) is 1.47. The van der Waals surface area contributed by atoms with Gasteiger partial charge in [-0.3, -0.25) is 0 Å². The zero-order valence-electron chi connectivity index (χ0n) is 8.85. The van der Waals surface area contributed by atoms with Crippen molar-refractivity contribution in [3.8, 4) is 6.07 Å². The number of thiophene rings is 1. The molecule has 0 unspecified atom stereocenters. The summed E-state index contributed by atoms with van der Waals surface area (Å²) in [5, 5.41) is 11.1. The van der Waals surface area contributed by atoms with Crippen LogP contribution in [-0.2, 0) is 0 Å². The van der Waals surface area contributed by atoms with E-state index in [0.717, 1.165) is 14.9 Å². The van der Waals surface area contributed by atoms with Crippen LogP contribution in [0.2, 0.25) is 0 Å². The number of nitrogens with zero attached hydrogens (tertiary/aromatic N) is 1. The summed E-state index contributed by atoms with van der Waals surface area (Å²) in [7, 11) is 0. The molecule has 0 aliphatic rings. The smallest absolute Gasteiger partial charge is 0.103 e. The van der Waals surface area contributed by atoms with Crippen LogP contribution in [0.1, 0.15) is 10.4 Å². The zero-order chi connectivity index (χ0) is 12.3. The predicted molar refractivity (Wildman–Crippen MR) is 75.1 cm³/mol. The molecular weight excluding hydrogens is 296 g/mol. The molecule has 2 nitrogen and oxygen atoms in total. The Morgan fingerprint density at radius 1 is 1.29 bits per heavy atom. The number of hydrogen-bond donors (Lipinski definition) is 1. The summed E-state index contributed by atoms with van der Waals surface area (Å²) in [5.74, 6) is 0. The van der Waals surface area contributed by atoms with E-state index in [2.05, 4.69) is 22.0 Å². The normalized spacial score (nSPS) is 11.8. The SMILES string of the molecule is N#C/C(=C(/N)c1cccc(Br)c1)c1cccs1. The lowest BCUT2D eigenvalue weighted by atomic mass is 10.1. The number of hydrogen-bond acceptors (Lipinski definition) is 3. The molecule has 0 radical (unpaired) electrons. The summed E-state index contributed by atoms with van der Waals surface area (Å²) in [6, 6.07) is 13.6. The summed E-state index contributed by atoms with van der Waals surface area (Å²) in [5.41, 5.74) is 7.94. The number of nitriles is 1. The second kappa shape index (κ2) is 5.17. The van der Waals surface area contributed by atoms with Gasteiger partial charge in [-0.1, -0.05) is 34.1 Å². The van der Waals surface area contributed by atoms with Crippen LogP contribution in [0.5, 0.6) is 0 Å². The summed E-state index contributed by atoms with van der Waals surface area (Å²) >= 11 is 4.90. The minimum atomic E-state index is 0.510. The molecule has 1 heterocycles. The van der Waals surface area contributed by atoms with Crippen LogP contribution < -0.4 is 5.73 Å². The van der Waals surface area contributed by atoms with Gasteiger partial charge in [-0.25, -0.2) is 0 Å². The zero-order valence-corrected chi connectivity index (χ0v) is 11.3. The number of benzene rings is 1. The molecule has 0 aliphatic heterocycles. The molecule has 2 aromatic rings. The molecule has 0 atom stereocenters. The van der Waals surface area contributed by atoms with Crippen LogP contribution >= 0.6 is 27.3 Å². The van der Waals surface area contributed by atoms with Gasteiger partial charge in [0.1, 0.15) is 6.07 Å². The van der Waals surface area contributed by atoms with Crippen molar-refractivity contribution < 1.29 is 0 Å². The van der Waals surface area contributed by atoms with Crippen molar-refractivity contribution in [2.24, 2.45) is 5.73 Å². The highest BCUT2D eigenvalue weighted by Gasteiger charge is 2.09. The van der Waals surface area contributed by atoms with Crippen molar-refractivity contribution >= 4 is 38.5 Å². The number of rotatable bonds is 2. The Kier molecular flexibility index (Phi) is 3.62. The molecule has 0 amide bonds. The van der Waals surface area contributed by atoms with Gasteiger partial charge in [0.05, 0.1) is 11.3 Å². The lowest BCUT2D eigenvalue weighted by Gasteiger charge is -2.05. The van der Waals surface area contributed by atoms with Crippen LogP contribution in [0.25, 0.3) is 11.3 Å². The Hall–Kier alpha value is -1.57. The van der Waals surface area contributed by atoms with Gasteiger partial charge < -0.3 is 5.73 Å². The fourth-order valence-corrected chi connectivity index (χ4v) is 2.60. The minimum Gasteiger partial charge on any atom is -0.397 e. The Morgan fingerprint density at radius 3 is 2.71 bits per heavy atom. The van der Waals surface area contributed by atoms with Crippen LogP contribution in [0, 0.1) is 11.3 Å². The lowest BCUT2D eigenvalue weighted by Crippen LogP contribution is -1.99. The Morgan fingerprint density at radius 2 is 2.12 bits per heavy atom. The highest BCUT2D eigenvalue weighted by atomic mass is 79.9. The Bertz CT molecular complexity index is 594. The first-order chi connectivity index (χ1) is 8.22. The quantitative estimate of drug-likeness (QED) is 0.856. The highest BCUT2D eigenvalue weighted by molar-refractivity contribution is 9.10. The fraction of sp³-hybridized carbons (Fsp3) is 0. The van der Waals surface area contributed by atoms with Gasteiger partial charge in [0.15, 0.2) is 0 Å². The Labute approximate surface area is 112 Å². The first-order valence-electron chi connectivity index (χ1n) is 4.92. The van der Waals surface area contributed by atoms with Crippen molar-refractivity contribution in [1.29, 1.82) is 5.26 Å². The molecule has 2 N–H and O–H groups in total. The maximum absolute atomic E-state index is 9.21. The highest BCUT2D eigenvalue weighted by Crippen LogP contribution is 2.26. The van der Waals surface area contributed by atoms with Gasteiger partial charge in [0.25, 0.3) is 0 Å². The average molecular weight is 305 g/mol. The molecule has 0 bridgehead atoms. The van der Waals surface area contributed by atoms with Gasteiger partial charge in [0.2, 0.25) is 0 Å². The van der Waals surface area contributed by atoms with E-state index in [-0.39, 0.29) is 0 Å². The van der Waals surface area contributed by atoms with Gasteiger partial charge in [0, 0.05) is 9.35 Å². The molecule has 0 fully saturated rings. The van der Waals surface area contributed by atoms with E-state index in [0.29, 0.717) is 11.3 Å². The number of halogens is 1. The molecule has 0 saturated heterocycles. The van der Waals surface area contributed by atoms with Crippen LogP contribution in [0.4, 0.5) is 0 Å². The third kappa shape index (κ3) is 2.57. The summed E-state index contributed by atoms with van der Waals surface area (Å²) < 4.78 is 0.946. The van der Waals surface area contributed by atoms with Crippen LogP contribution in [0.3, 0.4) is 0 Å². The maximum Gasteiger partial charge on any atom is 0.103 e. The van der Waals surface area contributed by atoms with Crippen molar-refractivity contribution in [1.82, 2.24) is 0 Å². The molecule has 4 heteroatoms. The second-order valence-corrected chi connectivity index (χ2v) is 5.25. The molecular formula is C13H9BrN2S. The largest absolute Gasteiger partial charge is 0.397 e. The van der Waals surface area contributed by atoms with E-state index in [4.69, 9.17) is 5.73 Å². The monoisotopic (exact) mass is 304 g/mol. The van der Waals surface area contributed by atoms with Gasteiger partial charge >= 0.3 is 0 Å². The average Bonchev–Trinajstić information content (AvgIpc) is 2.83. The summed E-state index contributed by atoms with van der Waals surface area (Å²) in [6.45, 7) is 0. The molecule has 1 aromatic heterocycles. The molecule has 2 rings (SSSR count). The van der Waals surface area contributed by atoms with Crippen molar-refractivity contribution in [3.63, 3.8) is 0 Å². The second-order valence-electron chi connectivity index (χ2n) is 3.39. The van der Waals surface area contributed by atoms with Gasteiger partial charge in [-0.05, 0) is 29.1 Å². The predicted octanol–water partition coefficient (Wildman–Crippen LogP) is 3.86. The molecule has 0 aliphatic carbocycles. The molecule has 17 heavy (non-hydrogen) atoms. The van der Waals surface area contributed by atoms with E-state index in [9.17, 15) is 5.26 Å². The molecule has 0 saturated carbocycles. The van der Waals surface area contributed by atoms with E-state index in [1.165, 1.54) is 11.3 Å². The lowest BCUT2D eigenvalue weighted by molar-refractivity contribution is 1.48. The summed E-state index contributed by atoms with van der Waals surface area (Å²) in [4.78, 5) is 0.893. The number of allylic oxidation sites excluding steroid dienone is 1. The first kappa shape index (κ1) is 11.9. The Balaban J connectivity index is 2.54. The molecule has 84 valence electrons. The standard InChI is InChI=1S/C13H9BrN2S/c14-10-4-1-3-9(7-10)13(16)11(8-15)12-5-2-6-17-12/h1-7H,16H2/b13-11-. The topological polar surface area (TPSA) is 49.8 Å². The van der Waals surface area contributed by atoms with Gasteiger partial charge in [-0.15, -0.1) is 11.3 Å². The molecule has 1 aromatic carbocycles. The van der Waals surface area contributed by atoms with Crippen molar-refractivity contribution in [2.45, 2.75) is 0 Å². The number of nitrogens with two attached hydrogens (primary N) is 1. The summed E-state index contributed by atoms with van der Waals surface area (Å²) in [6.07, 6.45) is 0. The minimum absolute atomic E-state index is 0.510. The van der Waals surface area contributed by atoms with E-state index in [1.807, 2.05) is 41.8 Å². The third-order valence-corrected chi connectivity index (χ3v) is 3.66. The van der Waals surface area contributed by atoms with Crippen LogP contribution in [0.15, 0.2) is 46.3 Å².